The molecule has 0 unspecified atom stereocenters. The second kappa shape index (κ2) is 5.44. The summed E-state index contributed by atoms with van der Waals surface area (Å²) in [6, 6.07) is 7.49. The summed E-state index contributed by atoms with van der Waals surface area (Å²) in [4.78, 5) is 3.15. The number of hydrogen-bond donors (Lipinski definition) is 1. The van der Waals surface area contributed by atoms with Gasteiger partial charge < -0.3 is 10.0 Å². The van der Waals surface area contributed by atoms with Crippen LogP contribution in [0.1, 0.15) is 10.6 Å². The van der Waals surface area contributed by atoms with Crippen LogP contribution in [-0.4, -0.2) is 22.4 Å². The van der Waals surface area contributed by atoms with Gasteiger partial charge in [0, 0.05) is 11.9 Å². The summed E-state index contributed by atoms with van der Waals surface area (Å²) in [5.41, 5.74) is 0.571. The maximum atomic E-state index is 8.88. The van der Waals surface area contributed by atoms with E-state index >= 15 is 0 Å². The Morgan fingerprint density at radius 2 is 2.12 bits per heavy atom. The Morgan fingerprint density at radius 3 is 2.65 bits per heavy atom. The first kappa shape index (κ1) is 12.3. The quantitative estimate of drug-likeness (QED) is 0.925. The lowest BCUT2D eigenvalue weighted by Crippen LogP contribution is -2.17. The Hall–Kier alpha value is -1.17. The maximum absolute atomic E-state index is 8.88. The molecule has 2 aromatic heterocycles. The van der Waals surface area contributed by atoms with Gasteiger partial charge in [-0.05, 0) is 24.3 Å². The lowest BCUT2D eigenvalue weighted by Gasteiger charge is -2.16. The highest BCUT2D eigenvalue weighted by molar-refractivity contribution is 7.16. The van der Waals surface area contributed by atoms with E-state index in [0.717, 1.165) is 16.7 Å². The third-order valence-electron chi connectivity index (χ3n) is 2.28. The number of halogens is 1. The monoisotopic (exact) mass is 269 g/mol. The highest BCUT2D eigenvalue weighted by atomic mass is 35.5. The van der Waals surface area contributed by atoms with Crippen LogP contribution in [0.5, 0.6) is 0 Å². The Kier molecular flexibility index (Phi) is 3.93. The molecule has 0 bridgehead atoms. The van der Waals surface area contributed by atoms with Crippen molar-refractivity contribution in [3.05, 3.63) is 39.2 Å². The van der Waals surface area contributed by atoms with Gasteiger partial charge in [-0.25, -0.2) is 0 Å². The maximum Gasteiger partial charge on any atom is 0.151 e. The zero-order valence-electron chi connectivity index (χ0n) is 9.30. The molecule has 0 aliphatic heterocycles. The van der Waals surface area contributed by atoms with Crippen LogP contribution in [0.2, 0.25) is 4.34 Å². The molecule has 1 N–H and O–H groups in total. The molecule has 0 aliphatic rings. The van der Waals surface area contributed by atoms with Crippen molar-refractivity contribution < 1.29 is 5.11 Å². The summed E-state index contributed by atoms with van der Waals surface area (Å²) in [5, 5.41) is 16.8. The molecule has 2 heterocycles. The smallest absolute Gasteiger partial charge is 0.151 e. The Labute approximate surface area is 108 Å². The van der Waals surface area contributed by atoms with Crippen molar-refractivity contribution in [2.24, 2.45) is 0 Å². The SMILES string of the molecule is CN(Cc1ccc(Cl)s1)c1ccc(CO)nn1. The van der Waals surface area contributed by atoms with Gasteiger partial charge in [0.15, 0.2) is 5.82 Å². The summed E-state index contributed by atoms with van der Waals surface area (Å²) in [6.45, 7) is 0.655. The first-order chi connectivity index (χ1) is 8.19. The van der Waals surface area contributed by atoms with E-state index in [1.807, 2.05) is 30.1 Å². The van der Waals surface area contributed by atoms with E-state index < -0.39 is 0 Å². The zero-order chi connectivity index (χ0) is 12.3. The molecule has 0 radical (unpaired) electrons. The van der Waals surface area contributed by atoms with Crippen LogP contribution < -0.4 is 4.90 Å². The molecule has 90 valence electrons. The zero-order valence-corrected chi connectivity index (χ0v) is 10.9. The minimum Gasteiger partial charge on any atom is -0.390 e. The predicted octanol–water partition coefficient (Wildman–Crippen LogP) is 2.32. The molecule has 0 amide bonds. The largest absolute Gasteiger partial charge is 0.390 e. The lowest BCUT2D eigenvalue weighted by molar-refractivity contribution is 0.275. The molecular weight excluding hydrogens is 258 g/mol. The van der Waals surface area contributed by atoms with Crippen LogP contribution in [0.25, 0.3) is 0 Å². The van der Waals surface area contributed by atoms with Gasteiger partial charge in [-0.3, -0.25) is 0 Å². The number of thiophene rings is 1. The van der Waals surface area contributed by atoms with E-state index in [4.69, 9.17) is 16.7 Å². The molecule has 0 spiro atoms. The minimum atomic E-state index is -0.0858. The summed E-state index contributed by atoms with van der Waals surface area (Å²) in [6.07, 6.45) is 0. The van der Waals surface area contributed by atoms with Gasteiger partial charge in [-0.1, -0.05) is 11.6 Å². The molecule has 2 rings (SSSR count). The van der Waals surface area contributed by atoms with Crippen LogP contribution in [0.4, 0.5) is 5.82 Å². The van der Waals surface area contributed by atoms with Crippen molar-refractivity contribution in [3.8, 4) is 0 Å². The Morgan fingerprint density at radius 1 is 1.29 bits per heavy atom. The van der Waals surface area contributed by atoms with E-state index in [-0.39, 0.29) is 6.61 Å². The fourth-order valence-electron chi connectivity index (χ4n) is 1.39. The molecule has 6 heteroatoms. The molecule has 17 heavy (non-hydrogen) atoms. The molecule has 4 nitrogen and oxygen atoms in total. The van der Waals surface area contributed by atoms with Crippen molar-refractivity contribution in [1.82, 2.24) is 10.2 Å². The van der Waals surface area contributed by atoms with Crippen LogP contribution in [0.3, 0.4) is 0 Å². The highest BCUT2D eigenvalue weighted by Crippen LogP contribution is 2.23. The van der Waals surface area contributed by atoms with Crippen molar-refractivity contribution in [3.63, 3.8) is 0 Å². The van der Waals surface area contributed by atoms with E-state index in [9.17, 15) is 0 Å². The van der Waals surface area contributed by atoms with Crippen LogP contribution >= 0.6 is 22.9 Å². The van der Waals surface area contributed by atoms with E-state index in [2.05, 4.69) is 10.2 Å². The second-order valence-electron chi connectivity index (χ2n) is 3.60. The predicted molar refractivity (Wildman–Crippen MR) is 69.4 cm³/mol. The van der Waals surface area contributed by atoms with Crippen molar-refractivity contribution in [2.75, 3.05) is 11.9 Å². The first-order valence-corrected chi connectivity index (χ1v) is 6.27. The second-order valence-corrected chi connectivity index (χ2v) is 5.40. The Bertz CT molecular complexity index is 486. The normalized spacial score (nSPS) is 10.5. The summed E-state index contributed by atoms with van der Waals surface area (Å²) in [5.74, 6) is 0.770. The lowest BCUT2D eigenvalue weighted by atomic mass is 10.3. The summed E-state index contributed by atoms with van der Waals surface area (Å²) >= 11 is 7.43. The van der Waals surface area contributed by atoms with Crippen LogP contribution in [0.15, 0.2) is 24.3 Å². The molecule has 0 atom stereocenters. The van der Waals surface area contributed by atoms with Crippen molar-refractivity contribution >= 4 is 28.8 Å². The molecule has 2 aromatic rings. The first-order valence-electron chi connectivity index (χ1n) is 5.08. The molecule has 0 aliphatic carbocycles. The van der Waals surface area contributed by atoms with Gasteiger partial charge >= 0.3 is 0 Å². The third-order valence-corrected chi connectivity index (χ3v) is 3.50. The molecule has 0 aromatic carbocycles. The topological polar surface area (TPSA) is 49.2 Å². The summed E-state index contributed by atoms with van der Waals surface area (Å²) < 4.78 is 0.787. The standard InChI is InChI=1S/C11H12ClN3OS/c1-15(6-9-3-4-10(12)17-9)11-5-2-8(7-16)13-14-11/h2-5,16H,6-7H2,1H3. The number of hydrogen-bond acceptors (Lipinski definition) is 5. The average Bonchev–Trinajstić information content (AvgIpc) is 2.75. The molecule has 0 fully saturated rings. The van der Waals surface area contributed by atoms with Gasteiger partial charge in [-0.2, -0.15) is 5.10 Å². The van der Waals surface area contributed by atoms with Gasteiger partial charge in [0.05, 0.1) is 23.2 Å². The number of anilines is 1. The van der Waals surface area contributed by atoms with E-state index in [0.29, 0.717) is 5.69 Å². The van der Waals surface area contributed by atoms with Crippen LogP contribution in [0, 0.1) is 0 Å². The van der Waals surface area contributed by atoms with Crippen molar-refractivity contribution in [1.29, 1.82) is 0 Å². The Balaban J connectivity index is 2.06. The fourth-order valence-corrected chi connectivity index (χ4v) is 2.53. The van der Waals surface area contributed by atoms with Gasteiger partial charge in [0.25, 0.3) is 0 Å². The van der Waals surface area contributed by atoms with Gasteiger partial charge in [-0.15, -0.1) is 16.4 Å². The number of aliphatic hydroxyl groups is 1. The number of aliphatic hydroxyl groups excluding tert-OH is 1. The molecule has 0 saturated carbocycles. The molecule has 0 saturated heterocycles. The van der Waals surface area contributed by atoms with Gasteiger partial charge in [0.2, 0.25) is 0 Å². The number of nitrogens with zero attached hydrogens (tertiary/aromatic N) is 3. The highest BCUT2D eigenvalue weighted by Gasteiger charge is 2.06. The van der Waals surface area contributed by atoms with E-state index in [1.54, 1.807) is 17.4 Å². The fraction of sp³-hybridized carbons (Fsp3) is 0.273. The van der Waals surface area contributed by atoms with Gasteiger partial charge in [0.1, 0.15) is 0 Å². The van der Waals surface area contributed by atoms with E-state index in [1.165, 1.54) is 4.88 Å². The van der Waals surface area contributed by atoms with Crippen LogP contribution in [-0.2, 0) is 13.2 Å². The summed E-state index contributed by atoms with van der Waals surface area (Å²) in [7, 11) is 1.94. The number of rotatable bonds is 4. The average molecular weight is 270 g/mol. The minimum absolute atomic E-state index is 0.0858. The molecular formula is C11H12ClN3OS. The van der Waals surface area contributed by atoms with Crippen molar-refractivity contribution in [2.45, 2.75) is 13.2 Å². The third kappa shape index (κ3) is 3.15. The number of aromatic nitrogens is 2.